The molecule has 1 saturated heterocycles. The number of hydrogen-bond donors (Lipinski definition) is 4. The quantitative estimate of drug-likeness (QED) is 0.287. The first kappa shape index (κ1) is 24.6. The molecule has 0 aromatic carbocycles. The Bertz CT molecular complexity index is 649. The van der Waals surface area contributed by atoms with Gasteiger partial charge in [0.25, 0.3) is 0 Å². The lowest BCUT2D eigenvalue weighted by Gasteiger charge is -2.22. The van der Waals surface area contributed by atoms with E-state index in [-0.39, 0.29) is 12.0 Å². The summed E-state index contributed by atoms with van der Waals surface area (Å²) in [4.78, 5) is 27.9. The monoisotopic (exact) mass is 468 g/mol. The highest BCUT2D eigenvalue weighted by atomic mass is 31.3. The highest BCUT2D eigenvalue weighted by molar-refractivity contribution is 7.66. The zero-order chi connectivity index (χ0) is 21.0. The smallest absolute Gasteiger partial charge is 0.390 e. The second kappa shape index (κ2) is 10.1. The van der Waals surface area contributed by atoms with Gasteiger partial charge in [0.15, 0.2) is 0 Å². The Balaban J connectivity index is 1.87. The molecule has 6 atom stereocenters. The van der Waals surface area contributed by atoms with Gasteiger partial charge in [-0.15, -0.1) is 0 Å². The first-order chi connectivity index (χ1) is 12.9. The summed E-state index contributed by atoms with van der Waals surface area (Å²) < 4.78 is 56.6. The van der Waals surface area contributed by atoms with Crippen LogP contribution in [0.15, 0.2) is 0 Å². The van der Waals surface area contributed by atoms with Crippen molar-refractivity contribution < 1.29 is 55.9 Å². The Hall–Kier alpha value is 0.330. The van der Waals surface area contributed by atoms with Crippen molar-refractivity contribution in [2.75, 3.05) is 13.7 Å². The molecule has 1 aliphatic carbocycles. The van der Waals surface area contributed by atoms with Gasteiger partial charge in [-0.25, -0.2) is 13.7 Å². The van der Waals surface area contributed by atoms with Crippen LogP contribution in [0, 0.1) is 5.92 Å². The van der Waals surface area contributed by atoms with Crippen LogP contribution in [0.25, 0.3) is 0 Å². The maximum absolute atomic E-state index is 11.8. The van der Waals surface area contributed by atoms with Crippen LogP contribution in [0.2, 0.25) is 0 Å². The molecular weight excluding hydrogens is 441 g/mol. The molecule has 4 N–H and O–H groups in total. The number of ether oxygens (including phenoxy) is 1. The van der Waals surface area contributed by atoms with Crippen molar-refractivity contribution in [1.82, 2.24) is 0 Å². The molecular formula is C13H27O12P3. The van der Waals surface area contributed by atoms with E-state index in [2.05, 4.69) is 17.7 Å². The number of aliphatic hydroxyl groups is 1. The van der Waals surface area contributed by atoms with Crippen LogP contribution >= 0.6 is 23.5 Å². The lowest BCUT2D eigenvalue weighted by atomic mass is 9.92. The van der Waals surface area contributed by atoms with E-state index in [1.54, 1.807) is 0 Å². The van der Waals surface area contributed by atoms with Crippen molar-refractivity contribution in [3.05, 3.63) is 0 Å². The van der Waals surface area contributed by atoms with Crippen LogP contribution in [0.4, 0.5) is 0 Å². The third-order valence-electron chi connectivity index (χ3n) is 4.72. The minimum Gasteiger partial charge on any atom is -0.390 e. The molecule has 0 spiro atoms. The summed E-state index contributed by atoms with van der Waals surface area (Å²) in [6.45, 7) is -0.584. The number of phosphoric acid groups is 3. The number of hydrogen-bond acceptors (Lipinski definition) is 9. The Morgan fingerprint density at radius 2 is 1.50 bits per heavy atom. The summed E-state index contributed by atoms with van der Waals surface area (Å²) in [5.41, 5.74) is 0. The molecule has 1 heterocycles. The molecule has 15 heteroatoms. The van der Waals surface area contributed by atoms with E-state index in [4.69, 9.17) is 9.63 Å². The Morgan fingerprint density at radius 3 is 2.07 bits per heavy atom. The molecule has 2 fully saturated rings. The number of phosphoric ester groups is 2. The molecule has 1 saturated carbocycles. The van der Waals surface area contributed by atoms with Crippen LogP contribution in [0.3, 0.4) is 0 Å². The van der Waals surface area contributed by atoms with Gasteiger partial charge in [-0.3, -0.25) is 9.05 Å². The van der Waals surface area contributed by atoms with Crippen LogP contribution in [0.1, 0.15) is 44.9 Å². The van der Waals surface area contributed by atoms with Crippen molar-refractivity contribution >= 4 is 23.5 Å². The molecule has 1 aliphatic heterocycles. The van der Waals surface area contributed by atoms with Crippen LogP contribution in [-0.4, -0.2) is 51.8 Å². The summed E-state index contributed by atoms with van der Waals surface area (Å²) in [6, 6.07) is 0. The minimum absolute atomic E-state index is 0.199. The van der Waals surface area contributed by atoms with Gasteiger partial charge < -0.3 is 24.5 Å². The van der Waals surface area contributed by atoms with Gasteiger partial charge in [0.1, 0.15) is 6.10 Å². The lowest BCUT2D eigenvalue weighted by Crippen LogP contribution is -2.26. The Morgan fingerprint density at radius 1 is 0.929 bits per heavy atom. The predicted octanol–water partition coefficient (Wildman–Crippen LogP) is 2.47. The maximum atomic E-state index is 11.8. The first-order valence-corrected chi connectivity index (χ1v) is 13.4. The van der Waals surface area contributed by atoms with Gasteiger partial charge in [-0.05, 0) is 18.8 Å². The second-order valence-corrected chi connectivity index (χ2v) is 11.6. The molecule has 0 amide bonds. The van der Waals surface area contributed by atoms with Crippen LogP contribution < -0.4 is 0 Å². The summed E-state index contributed by atoms with van der Waals surface area (Å²) >= 11 is 0. The topological polar surface area (TPSA) is 178 Å². The fourth-order valence-corrected chi connectivity index (χ4v) is 6.66. The van der Waals surface area contributed by atoms with Crippen molar-refractivity contribution in [2.45, 2.75) is 63.3 Å². The second-order valence-electron chi connectivity index (χ2n) is 6.81. The van der Waals surface area contributed by atoms with Crippen molar-refractivity contribution in [3.8, 4) is 0 Å². The van der Waals surface area contributed by atoms with Gasteiger partial charge in [0.2, 0.25) is 0 Å². The van der Waals surface area contributed by atoms with Crippen molar-refractivity contribution in [2.24, 2.45) is 5.92 Å². The van der Waals surface area contributed by atoms with E-state index in [1.165, 1.54) is 0 Å². The summed E-state index contributed by atoms with van der Waals surface area (Å²) in [6.07, 6.45) is 4.78. The van der Waals surface area contributed by atoms with E-state index in [9.17, 15) is 28.6 Å². The van der Waals surface area contributed by atoms with E-state index in [0.29, 0.717) is 6.42 Å². The van der Waals surface area contributed by atoms with Gasteiger partial charge in [0.05, 0.1) is 18.8 Å². The number of rotatable bonds is 9. The van der Waals surface area contributed by atoms with Gasteiger partial charge in [-0.2, -0.15) is 8.62 Å². The Kier molecular flexibility index (Phi) is 8.87. The Labute approximate surface area is 163 Å². The molecule has 2 rings (SSSR count). The first-order valence-electron chi connectivity index (χ1n) is 8.88. The summed E-state index contributed by atoms with van der Waals surface area (Å²) in [5, 5.41) is 10.1. The van der Waals surface area contributed by atoms with Gasteiger partial charge in [0, 0.05) is 13.5 Å². The fraction of sp³-hybridized carbons (Fsp3) is 1.00. The zero-order valence-corrected chi connectivity index (χ0v) is 18.0. The maximum Gasteiger partial charge on any atom is 0.490 e. The molecule has 28 heavy (non-hydrogen) atoms. The minimum atomic E-state index is -5.45. The van der Waals surface area contributed by atoms with Crippen molar-refractivity contribution in [1.29, 1.82) is 0 Å². The third-order valence-corrected chi connectivity index (χ3v) is 8.96. The molecule has 0 radical (unpaired) electrons. The molecule has 0 aromatic rings. The average molecular weight is 468 g/mol. The normalized spacial score (nSPS) is 33.5. The molecule has 4 unspecified atom stereocenters. The van der Waals surface area contributed by atoms with Crippen molar-refractivity contribution in [3.63, 3.8) is 0 Å². The lowest BCUT2D eigenvalue weighted by molar-refractivity contribution is -0.0391. The average Bonchev–Trinajstić information content (AvgIpc) is 2.76. The zero-order valence-electron chi connectivity index (χ0n) is 15.4. The highest BCUT2D eigenvalue weighted by Crippen LogP contribution is 2.67. The summed E-state index contributed by atoms with van der Waals surface area (Å²) in [5.74, 6) is 0.290. The number of aliphatic hydroxyl groups excluding tert-OH is 1. The van der Waals surface area contributed by atoms with E-state index in [0.717, 1.165) is 45.6 Å². The molecule has 0 bridgehead atoms. The van der Waals surface area contributed by atoms with Gasteiger partial charge in [-0.1, -0.05) is 25.7 Å². The van der Waals surface area contributed by atoms with Crippen LogP contribution in [-0.2, 0) is 36.1 Å². The summed E-state index contributed by atoms with van der Waals surface area (Å²) in [7, 11) is -14.8. The SMILES string of the molecule is COP(=O)(O)OP(=O)(O)OP(=O)(O)OC[C@H]1O[C@@H](C2CCCCCC2)CC1O. The molecule has 166 valence electrons. The third kappa shape index (κ3) is 7.87. The predicted molar refractivity (Wildman–Crippen MR) is 95.1 cm³/mol. The molecule has 12 nitrogen and oxygen atoms in total. The van der Waals surface area contributed by atoms with E-state index < -0.39 is 42.3 Å². The molecule has 0 aromatic heterocycles. The van der Waals surface area contributed by atoms with E-state index in [1.807, 2.05) is 0 Å². The largest absolute Gasteiger partial charge is 0.490 e. The standard InChI is InChI=1S/C13H27O12P3/c1-21-26(15,16)24-28(19,20)25-27(17,18)22-9-13-11(14)8-12(23-13)10-6-4-2-3-5-7-10/h10-14H,2-9H2,1H3,(H,15,16)(H,17,18)(H,19,20)/t11?,12-,13-/m1/s1. The van der Waals surface area contributed by atoms with Crippen LogP contribution in [0.5, 0.6) is 0 Å². The fourth-order valence-electron chi connectivity index (χ4n) is 3.40. The van der Waals surface area contributed by atoms with Gasteiger partial charge >= 0.3 is 23.5 Å². The molecule has 2 aliphatic rings. The van der Waals surface area contributed by atoms with E-state index >= 15 is 0 Å². The highest BCUT2D eigenvalue weighted by Gasteiger charge is 2.44.